The van der Waals surface area contributed by atoms with Crippen LogP contribution < -0.4 is 10.1 Å². The Hall–Kier alpha value is -1.14. The number of hydrogen-bond acceptors (Lipinski definition) is 5. The average molecular weight is 213 g/mol. The van der Waals surface area contributed by atoms with Gasteiger partial charge in [0.05, 0.1) is 0 Å². The number of hydrogen-bond donors (Lipinski definition) is 1. The molecule has 0 saturated carbocycles. The van der Waals surface area contributed by atoms with E-state index >= 15 is 0 Å². The van der Waals surface area contributed by atoms with Crippen LogP contribution in [0.4, 0.5) is 4.79 Å². The minimum atomic E-state index is -0.304. The number of nitrogens with zero attached hydrogens (tertiary/aromatic N) is 2. The summed E-state index contributed by atoms with van der Waals surface area (Å²) in [7, 11) is 0. The van der Waals surface area contributed by atoms with E-state index in [4.69, 9.17) is 4.74 Å². The summed E-state index contributed by atoms with van der Waals surface area (Å²) in [5.74, 6) is 0. The number of carbonyl (C=O) groups is 1. The SMILES string of the molecule is O=C(Oc1nccs1)N1CCNCC1. The topological polar surface area (TPSA) is 54.5 Å². The third kappa shape index (κ3) is 2.21. The number of carbonyl (C=O) groups excluding carboxylic acids is 1. The molecule has 1 saturated heterocycles. The summed E-state index contributed by atoms with van der Waals surface area (Å²) < 4.78 is 5.06. The van der Waals surface area contributed by atoms with Crippen LogP contribution in [0.3, 0.4) is 0 Å². The van der Waals surface area contributed by atoms with E-state index in [0.29, 0.717) is 18.3 Å². The van der Waals surface area contributed by atoms with Crippen LogP contribution in [0.25, 0.3) is 0 Å². The minimum absolute atomic E-state index is 0.304. The fourth-order valence-corrected chi connectivity index (χ4v) is 1.73. The molecule has 2 heterocycles. The normalized spacial score (nSPS) is 16.7. The molecule has 0 aromatic carbocycles. The van der Waals surface area contributed by atoms with Crippen LogP contribution in [0.2, 0.25) is 0 Å². The zero-order valence-electron chi connectivity index (χ0n) is 7.60. The van der Waals surface area contributed by atoms with E-state index in [9.17, 15) is 4.79 Å². The lowest BCUT2D eigenvalue weighted by atomic mass is 10.4. The Balaban J connectivity index is 1.88. The molecule has 76 valence electrons. The molecule has 1 N–H and O–H groups in total. The molecule has 2 rings (SSSR count). The third-order valence-electron chi connectivity index (χ3n) is 1.96. The molecular weight excluding hydrogens is 202 g/mol. The van der Waals surface area contributed by atoms with E-state index in [0.717, 1.165) is 13.1 Å². The Bertz CT molecular complexity index is 296. The summed E-state index contributed by atoms with van der Waals surface area (Å²) in [4.78, 5) is 17.1. The van der Waals surface area contributed by atoms with Crippen LogP contribution in [0.15, 0.2) is 11.6 Å². The minimum Gasteiger partial charge on any atom is -0.381 e. The maximum absolute atomic E-state index is 11.5. The number of thiazole rings is 1. The molecular formula is C8H11N3O2S. The number of aromatic nitrogens is 1. The van der Waals surface area contributed by atoms with Crippen molar-refractivity contribution in [2.75, 3.05) is 26.2 Å². The lowest BCUT2D eigenvalue weighted by Gasteiger charge is -2.25. The summed E-state index contributed by atoms with van der Waals surface area (Å²) >= 11 is 1.32. The first-order valence-corrected chi connectivity index (χ1v) is 5.31. The van der Waals surface area contributed by atoms with Gasteiger partial charge in [0.15, 0.2) is 0 Å². The summed E-state index contributed by atoms with van der Waals surface area (Å²) in [5, 5.41) is 5.35. The van der Waals surface area contributed by atoms with Gasteiger partial charge in [-0.05, 0) is 0 Å². The van der Waals surface area contributed by atoms with Crippen LogP contribution in [0.5, 0.6) is 5.19 Å². The van der Waals surface area contributed by atoms with Crippen molar-refractivity contribution in [3.05, 3.63) is 11.6 Å². The molecule has 1 aromatic rings. The summed E-state index contributed by atoms with van der Waals surface area (Å²) in [6, 6.07) is 0. The zero-order chi connectivity index (χ0) is 9.80. The van der Waals surface area contributed by atoms with Crippen LogP contribution >= 0.6 is 11.3 Å². The van der Waals surface area contributed by atoms with Crippen LogP contribution in [-0.2, 0) is 0 Å². The Labute approximate surface area is 85.7 Å². The highest BCUT2D eigenvalue weighted by molar-refractivity contribution is 7.11. The third-order valence-corrected chi connectivity index (χ3v) is 2.61. The summed E-state index contributed by atoms with van der Waals surface area (Å²) in [5.41, 5.74) is 0. The molecule has 1 aromatic heterocycles. The maximum atomic E-state index is 11.5. The van der Waals surface area contributed by atoms with Crippen molar-refractivity contribution in [3.8, 4) is 5.19 Å². The van der Waals surface area contributed by atoms with Gasteiger partial charge in [0.2, 0.25) is 0 Å². The Morgan fingerprint density at radius 3 is 3.00 bits per heavy atom. The van der Waals surface area contributed by atoms with E-state index in [1.165, 1.54) is 11.3 Å². The number of rotatable bonds is 1. The first-order valence-electron chi connectivity index (χ1n) is 4.43. The van der Waals surface area contributed by atoms with Gasteiger partial charge in [-0.25, -0.2) is 9.78 Å². The molecule has 1 aliphatic rings. The van der Waals surface area contributed by atoms with Gasteiger partial charge in [0.25, 0.3) is 5.19 Å². The summed E-state index contributed by atoms with van der Waals surface area (Å²) in [6.07, 6.45) is 1.31. The fourth-order valence-electron chi connectivity index (χ4n) is 1.25. The van der Waals surface area contributed by atoms with Crippen molar-refractivity contribution >= 4 is 17.4 Å². The largest absolute Gasteiger partial charge is 0.417 e. The van der Waals surface area contributed by atoms with Crippen molar-refractivity contribution in [2.24, 2.45) is 0 Å². The van der Waals surface area contributed by atoms with Crippen molar-refractivity contribution < 1.29 is 9.53 Å². The first kappa shape index (κ1) is 9.42. The van der Waals surface area contributed by atoms with Gasteiger partial charge in [-0.15, -0.1) is 0 Å². The van der Waals surface area contributed by atoms with Crippen molar-refractivity contribution in [1.29, 1.82) is 0 Å². The molecule has 0 radical (unpaired) electrons. The predicted molar refractivity (Wildman–Crippen MR) is 52.6 cm³/mol. The number of nitrogens with one attached hydrogen (secondary N) is 1. The van der Waals surface area contributed by atoms with Crippen LogP contribution in [0, 0.1) is 0 Å². The molecule has 1 fully saturated rings. The van der Waals surface area contributed by atoms with Crippen LogP contribution in [-0.4, -0.2) is 42.2 Å². The molecule has 0 unspecified atom stereocenters. The molecule has 6 heteroatoms. The molecule has 0 spiro atoms. The molecule has 0 aliphatic carbocycles. The molecule has 1 amide bonds. The van der Waals surface area contributed by atoms with Gasteiger partial charge in [-0.3, -0.25) is 0 Å². The maximum Gasteiger partial charge on any atom is 0.417 e. The lowest BCUT2D eigenvalue weighted by Crippen LogP contribution is -2.47. The molecule has 5 nitrogen and oxygen atoms in total. The second-order valence-corrected chi connectivity index (χ2v) is 3.76. The predicted octanol–water partition coefficient (Wildman–Crippen LogP) is 0.547. The van der Waals surface area contributed by atoms with E-state index in [1.807, 2.05) is 0 Å². The Morgan fingerprint density at radius 2 is 2.36 bits per heavy atom. The second-order valence-electron chi connectivity index (χ2n) is 2.90. The van der Waals surface area contributed by atoms with Gasteiger partial charge in [-0.1, -0.05) is 11.3 Å². The number of ether oxygens (including phenoxy) is 1. The van der Waals surface area contributed by atoms with Gasteiger partial charge < -0.3 is 15.0 Å². The van der Waals surface area contributed by atoms with Crippen molar-refractivity contribution in [2.45, 2.75) is 0 Å². The van der Waals surface area contributed by atoms with E-state index in [-0.39, 0.29) is 6.09 Å². The highest BCUT2D eigenvalue weighted by Gasteiger charge is 2.18. The molecule has 0 atom stereocenters. The summed E-state index contributed by atoms with van der Waals surface area (Å²) in [6.45, 7) is 3.05. The number of piperazine rings is 1. The quantitative estimate of drug-likeness (QED) is 0.740. The van der Waals surface area contributed by atoms with E-state index in [1.54, 1.807) is 16.5 Å². The average Bonchev–Trinajstić information content (AvgIpc) is 2.72. The second kappa shape index (κ2) is 4.39. The fraction of sp³-hybridized carbons (Fsp3) is 0.500. The van der Waals surface area contributed by atoms with Gasteiger partial charge >= 0.3 is 6.09 Å². The van der Waals surface area contributed by atoms with Gasteiger partial charge in [0, 0.05) is 37.8 Å². The van der Waals surface area contributed by atoms with Gasteiger partial charge in [-0.2, -0.15) is 0 Å². The van der Waals surface area contributed by atoms with Crippen molar-refractivity contribution in [1.82, 2.24) is 15.2 Å². The molecule has 1 aliphatic heterocycles. The van der Waals surface area contributed by atoms with E-state index < -0.39 is 0 Å². The van der Waals surface area contributed by atoms with Gasteiger partial charge in [0.1, 0.15) is 0 Å². The zero-order valence-corrected chi connectivity index (χ0v) is 8.42. The Kier molecular flexibility index (Phi) is 2.95. The highest BCUT2D eigenvalue weighted by atomic mass is 32.1. The highest BCUT2D eigenvalue weighted by Crippen LogP contribution is 2.14. The molecule has 0 bridgehead atoms. The molecule has 14 heavy (non-hydrogen) atoms. The number of amides is 1. The van der Waals surface area contributed by atoms with E-state index in [2.05, 4.69) is 10.3 Å². The smallest absolute Gasteiger partial charge is 0.381 e. The van der Waals surface area contributed by atoms with Crippen molar-refractivity contribution in [3.63, 3.8) is 0 Å². The van der Waals surface area contributed by atoms with Crippen LogP contribution in [0.1, 0.15) is 0 Å². The lowest BCUT2D eigenvalue weighted by molar-refractivity contribution is 0.145. The first-order chi connectivity index (χ1) is 6.86. The Morgan fingerprint density at radius 1 is 1.57 bits per heavy atom. The standard InChI is InChI=1S/C8H11N3O2S/c12-8(11-4-1-9-2-5-11)13-7-10-3-6-14-7/h3,6,9H,1-2,4-5H2. The monoisotopic (exact) mass is 213 g/mol.